The lowest BCUT2D eigenvalue weighted by molar-refractivity contribution is 0.247. The number of benzene rings is 1. The molecule has 3 aromatic rings. The summed E-state index contributed by atoms with van der Waals surface area (Å²) in [4.78, 5) is 4.76. The van der Waals surface area contributed by atoms with Gasteiger partial charge in [0.1, 0.15) is 5.75 Å². The van der Waals surface area contributed by atoms with E-state index in [-0.39, 0.29) is 5.92 Å². The SMILES string of the molecule is CCOc1ccc(S(=O)(=O)N2CCCC(Cc3nc(-c4ccsc4)no3)C2)cc1. The van der Waals surface area contributed by atoms with Gasteiger partial charge in [-0.1, -0.05) is 5.16 Å². The predicted octanol–water partition coefficient (Wildman–Crippen LogP) is 3.84. The summed E-state index contributed by atoms with van der Waals surface area (Å²) in [5, 5.41) is 7.98. The van der Waals surface area contributed by atoms with Crippen LogP contribution in [0.4, 0.5) is 0 Å². The molecule has 1 fully saturated rings. The number of hydrogen-bond donors (Lipinski definition) is 0. The summed E-state index contributed by atoms with van der Waals surface area (Å²) in [6.07, 6.45) is 2.32. The third kappa shape index (κ3) is 4.52. The number of thiophene rings is 1. The Bertz CT molecular complexity index is 1030. The van der Waals surface area contributed by atoms with Crippen LogP contribution in [0.1, 0.15) is 25.7 Å². The zero-order valence-corrected chi connectivity index (χ0v) is 17.8. The standard InChI is InChI=1S/C20H23N3O4S2/c1-2-26-17-5-7-18(8-6-17)29(24,25)23-10-3-4-15(13-23)12-19-21-20(22-27-19)16-9-11-28-14-16/h5-9,11,14-15H,2-4,10,12-13H2,1H3. The number of nitrogens with zero attached hydrogens (tertiary/aromatic N) is 3. The minimum absolute atomic E-state index is 0.150. The van der Waals surface area contributed by atoms with Crippen LogP contribution in [0.15, 0.2) is 50.5 Å². The van der Waals surface area contributed by atoms with E-state index in [1.807, 2.05) is 23.8 Å². The molecule has 1 aromatic carbocycles. The third-order valence-corrected chi connectivity index (χ3v) is 7.53. The first-order valence-electron chi connectivity index (χ1n) is 9.64. The molecular formula is C20H23N3O4S2. The van der Waals surface area contributed by atoms with Crippen molar-refractivity contribution in [1.82, 2.24) is 14.4 Å². The van der Waals surface area contributed by atoms with Crippen molar-refractivity contribution >= 4 is 21.4 Å². The van der Waals surface area contributed by atoms with Crippen LogP contribution < -0.4 is 4.74 Å². The highest BCUT2D eigenvalue weighted by molar-refractivity contribution is 7.89. The quantitative estimate of drug-likeness (QED) is 0.563. The number of hydrogen-bond acceptors (Lipinski definition) is 7. The lowest BCUT2D eigenvalue weighted by atomic mass is 9.96. The Morgan fingerprint density at radius 1 is 1.28 bits per heavy atom. The van der Waals surface area contributed by atoms with E-state index in [2.05, 4.69) is 10.1 Å². The van der Waals surface area contributed by atoms with E-state index in [0.717, 1.165) is 18.4 Å². The lowest BCUT2D eigenvalue weighted by Gasteiger charge is -2.31. The molecular weight excluding hydrogens is 410 g/mol. The molecule has 0 saturated carbocycles. The van der Waals surface area contributed by atoms with Crippen molar-refractivity contribution in [2.24, 2.45) is 5.92 Å². The maximum Gasteiger partial charge on any atom is 0.243 e. The van der Waals surface area contributed by atoms with Crippen LogP contribution in [0.3, 0.4) is 0 Å². The van der Waals surface area contributed by atoms with Crippen LogP contribution in [0, 0.1) is 5.92 Å². The molecule has 0 radical (unpaired) electrons. The van der Waals surface area contributed by atoms with Gasteiger partial charge in [0.2, 0.25) is 21.7 Å². The zero-order valence-electron chi connectivity index (χ0n) is 16.2. The largest absolute Gasteiger partial charge is 0.494 e. The maximum atomic E-state index is 13.0. The molecule has 1 aliphatic rings. The number of rotatable bonds is 7. The maximum absolute atomic E-state index is 13.0. The Kier molecular flexibility index (Phi) is 5.98. The Labute approximate surface area is 174 Å². The van der Waals surface area contributed by atoms with Crippen molar-refractivity contribution in [3.63, 3.8) is 0 Å². The highest BCUT2D eigenvalue weighted by Gasteiger charge is 2.31. The zero-order chi connectivity index (χ0) is 20.3. The minimum atomic E-state index is -3.54. The third-order valence-electron chi connectivity index (χ3n) is 4.96. The van der Waals surface area contributed by atoms with Gasteiger partial charge in [-0.25, -0.2) is 8.42 Å². The van der Waals surface area contributed by atoms with Crippen LogP contribution in [-0.2, 0) is 16.4 Å². The second kappa shape index (κ2) is 8.64. The summed E-state index contributed by atoms with van der Waals surface area (Å²) >= 11 is 1.58. The molecule has 0 bridgehead atoms. The van der Waals surface area contributed by atoms with Crippen molar-refractivity contribution in [2.45, 2.75) is 31.1 Å². The Hall–Kier alpha value is -2.23. The van der Waals surface area contributed by atoms with Crippen LogP contribution in [0.2, 0.25) is 0 Å². The first-order valence-corrected chi connectivity index (χ1v) is 12.0. The second-order valence-electron chi connectivity index (χ2n) is 7.00. The Balaban J connectivity index is 1.43. The minimum Gasteiger partial charge on any atom is -0.494 e. The first-order chi connectivity index (χ1) is 14.1. The smallest absolute Gasteiger partial charge is 0.243 e. The molecule has 3 heterocycles. The molecule has 1 unspecified atom stereocenters. The summed E-state index contributed by atoms with van der Waals surface area (Å²) in [5.41, 5.74) is 0.938. The van der Waals surface area contributed by atoms with Crippen LogP contribution >= 0.6 is 11.3 Å². The number of sulfonamides is 1. The monoisotopic (exact) mass is 433 g/mol. The highest BCUT2D eigenvalue weighted by Crippen LogP contribution is 2.27. The lowest BCUT2D eigenvalue weighted by Crippen LogP contribution is -2.40. The molecule has 0 aliphatic carbocycles. The van der Waals surface area contributed by atoms with E-state index in [1.165, 1.54) is 0 Å². The molecule has 154 valence electrons. The molecule has 7 nitrogen and oxygen atoms in total. The van der Waals surface area contributed by atoms with Gasteiger partial charge >= 0.3 is 0 Å². The van der Waals surface area contributed by atoms with Gasteiger partial charge in [0.25, 0.3) is 0 Å². The van der Waals surface area contributed by atoms with Gasteiger partial charge in [-0.05, 0) is 61.4 Å². The van der Waals surface area contributed by atoms with Gasteiger partial charge in [-0.15, -0.1) is 0 Å². The van der Waals surface area contributed by atoms with Crippen molar-refractivity contribution in [3.8, 4) is 17.1 Å². The number of piperidine rings is 1. The van der Waals surface area contributed by atoms with Crippen molar-refractivity contribution < 1.29 is 17.7 Å². The van der Waals surface area contributed by atoms with Gasteiger partial charge in [0.05, 0.1) is 11.5 Å². The van der Waals surface area contributed by atoms with Crippen LogP contribution in [0.5, 0.6) is 5.75 Å². The van der Waals surface area contributed by atoms with Crippen LogP contribution in [-0.4, -0.2) is 42.6 Å². The molecule has 1 aliphatic heterocycles. The highest BCUT2D eigenvalue weighted by atomic mass is 32.2. The summed E-state index contributed by atoms with van der Waals surface area (Å²) in [6, 6.07) is 8.56. The van der Waals surface area contributed by atoms with Crippen molar-refractivity contribution in [1.29, 1.82) is 0 Å². The van der Waals surface area contributed by atoms with Gasteiger partial charge in [-0.3, -0.25) is 0 Å². The second-order valence-corrected chi connectivity index (χ2v) is 9.72. The summed E-state index contributed by atoms with van der Waals surface area (Å²) in [7, 11) is -3.54. The fourth-order valence-electron chi connectivity index (χ4n) is 3.53. The van der Waals surface area contributed by atoms with Crippen molar-refractivity contribution in [3.05, 3.63) is 47.0 Å². The average Bonchev–Trinajstić information content (AvgIpc) is 3.41. The normalized spacial score (nSPS) is 18.0. The molecule has 0 N–H and O–H groups in total. The predicted molar refractivity (Wildman–Crippen MR) is 110 cm³/mol. The Morgan fingerprint density at radius 2 is 2.10 bits per heavy atom. The fourth-order valence-corrected chi connectivity index (χ4v) is 5.72. The molecule has 0 amide bonds. The summed E-state index contributed by atoms with van der Waals surface area (Å²) in [5.74, 6) is 1.95. The molecule has 4 rings (SSSR count). The topological polar surface area (TPSA) is 85.5 Å². The molecule has 9 heteroatoms. The first kappa shape index (κ1) is 20.1. The van der Waals surface area contributed by atoms with Gasteiger partial charge in [0.15, 0.2) is 0 Å². The van der Waals surface area contributed by atoms with E-state index < -0.39 is 10.0 Å². The van der Waals surface area contributed by atoms with E-state index in [4.69, 9.17) is 9.26 Å². The van der Waals surface area contributed by atoms with Gasteiger partial charge < -0.3 is 9.26 Å². The van der Waals surface area contributed by atoms with Gasteiger partial charge in [-0.2, -0.15) is 20.6 Å². The number of aromatic nitrogens is 2. The molecule has 29 heavy (non-hydrogen) atoms. The average molecular weight is 434 g/mol. The fraction of sp³-hybridized carbons (Fsp3) is 0.400. The van der Waals surface area contributed by atoms with Crippen LogP contribution in [0.25, 0.3) is 11.4 Å². The van der Waals surface area contributed by atoms with E-state index in [9.17, 15) is 8.42 Å². The molecule has 2 aromatic heterocycles. The van der Waals surface area contributed by atoms with Gasteiger partial charge in [0, 0.05) is 30.5 Å². The Morgan fingerprint density at radius 3 is 2.83 bits per heavy atom. The summed E-state index contributed by atoms with van der Waals surface area (Å²) < 4.78 is 38.5. The van der Waals surface area contributed by atoms with E-state index in [0.29, 0.717) is 48.5 Å². The summed E-state index contributed by atoms with van der Waals surface area (Å²) in [6.45, 7) is 3.41. The van der Waals surface area contributed by atoms with E-state index >= 15 is 0 Å². The molecule has 1 saturated heterocycles. The van der Waals surface area contributed by atoms with Crippen molar-refractivity contribution in [2.75, 3.05) is 19.7 Å². The number of ether oxygens (including phenoxy) is 1. The molecule has 1 atom stereocenters. The van der Waals surface area contributed by atoms with E-state index in [1.54, 1.807) is 39.9 Å². The molecule has 0 spiro atoms.